The number of rotatable bonds is 1. The molecule has 68 valence electrons. The second-order valence-electron chi connectivity index (χ2n) is 2.90. The summed E-state index contributed by atoms with van der Waals surface area (Å²) in [5, 5.41) is 0. The predicted molar refractivity (Wildman–Crippen MR) is 42.7 cm³/mol. The van der Waals surface area contributed by atoms with Gasteiger partial charge < -0.3 is 9.15 Å². The quantitative estimate of drug-likeness (QED) is 0.481. The van der Waals surface area contributed by atoms with Crippen LogP contribution in [-0.4, -0.2) is 18.4 Å². The van der Waals surface area contributed by atoms with E-state index in [1.54, 1.807) is 0 Å². The van der Waals surface area contributed by atoms with E-state index in [1.807, 2.05) is 0 Å². The molecule has 13 heavy (non-hydrogen) atoms. The van der Waals surface area contributed by atoms with Crippen LogP contribution in [0, 0.1) is 0 Å². The number of hydrogen-bond donors (Lipinski definition) is 0. The lowest BCUT2D eigenvalue weighted by atomic mass is 10.0. The van der Waals surface area contributed by atoms with Gasteiger partial charge in [0, 0.05) is 18.9 Å². The highest BCUT2D eigenvalue weighted by Gasteiger charge is 2.26. The zero-order valence-electron chi connectivity index (χ0n) is 7.12. The Kier molecular flexibility index (Phi) is 1.69. The summed E-state index contributed by atoms with van der Waals surface area (Å²) in [6.45, 7) is 1.74. The van der Waals surface area contributed by atoms with E-state index < -0.39 is 5.97 Å². The molecule has 2 heterocycles. The first kappa shape index (κ1) is 8.04. The molecule has 0 amide bonds. The first-order valence-corrected chi connectivity index (χ1v) is 3.98. The van der Waals surface area contributed by atoms with E-state index in [0.717, 1.165) is 0 Å². The second-order valence-corrected chi connectivity index (χ2v) is 2.90. The van der Waals surface area contributed by atoms with Gasteiger partial charge in [-0.05, 0) is 0 Å². The van der Waals surface area contributed by atoms with Crippen LogP contribution in [0.2, 0.25) is 0 Å². The molecular formula is C9H8O4. The Labute approximate surface area is 74.5 Å². The van der Waals surface area contributed by atoms with Crippen molar-refractivity contribution in [2.45, 2.75) is 13.3 Å². The van der Waals surface area contributed by atoms with Crippen LogP contribution in [0.3, 0.4) is 0 Å². The van der Waals surface area contributed by atoms with Gasteiger partial charge in [0.2, 0.25) is 0 Å². The number of ether oxygens (including phenoxy) is 1. The maximum Gasteiger partial charge on any atom is 0.341 e. The van der Waals surface area contributed by atoms with Crippen LogP contribution in [0.5, 0.6) is 0 Å². The van der Waals surface area contributed by atoms with Gasteiger partial charge in [0.05, 0.1) is 6.61 Å². The smallest absolute Gasteiger partial charge is 0.341 e. The van der Waals surface area contributed by atoms with E-state index in [0.29, 0.717) is 24.2 Å². The first-order valence-electron chi connectivity index (χ1n) is 3.98. The van der Waals surface area contributed by atoms with Crippen molar-refractivity contribution < 1.29 is 18.7 Å². The zero-order chi connectivity index (χ0) is 9.42. The summed E-state index contributed by atoms with van der Waals surface area (Å²) in [6, 6.07) is 0. The number of Topliss-reactive ketones (excluding diaryl/α,β-unsaturated/α-hetero) is 1. The molecule has 1 aromatic heterocycles. The monoisotopic (exact) mass is 180 g/mol. The molecule has 0 aliphatic carbocycles. The first-order chi connectivity index (χ1) is 6.20. The molecular weight excluding hydrogens is 172 g/mol. The summed E-state index contributed by atoms with van der Waals surface area (Å²) >= 11 is 0. The third kappa shape index (κ3) is 1.14. The van der Waals surface area contributed by atoms with E-state index in [1.165, 1.54) is 13.2 Å². The van der Waals surface area contributed by atoms with Crippen LogP contribution in [0.1, 0.15) is 33.4 Å². The third-order valence-corrected chi connectivity index (χ3v) is 2.02. The highest BCUT2D eigenvalue weighted by molar-refractivity contribution is 5.99. The molecule has 1 aliphatic rings. The van der Waals surface area contributed by atoms with Gasteiger partial charge in [-0.3, -0.25) is 4.79 Å². The summed E-state index contributed by atoms with van der Waals surface area (Å²) in [4.78, 5) is 22.2. The topological polar surface area (TPSA) is 56.5 Å². The normalized spacial score (nSPS) is 15.0. The number of cyclic esters (lactones) is 1. The van der Waals surface area contributed by atoms with Crippen molar-refractivity contribution in [3.05, 3.63) is 23.2 Å². The summed E-state index contributed by atoms with van der Waals surface area (Å²) in [5.41, 5.74) is 1.07. The molecule has 0 spiro atoms. The molecule has 1 aliphatic heterocycles. The van der Waals surface area contributed by atoms with E-state index in [9.17, 15) is 9.59 Å². The maximum atomic E-state index is 11.1. The lowest BCUT2D eigenvalue weighted by molar-refractivity contribution is 0.0481. The fraction of sp³-hybridized carbons (Fsp3) is 0.333. The summed E-state index contributed by atoms with van der Waals surface area (Å²) < 4.78 is 9.79. The van der Waals surface area contributed by atoms with Gasteiger partial charge >= 0.3 is 5.97 Å². The third-order valence-electron chi connectivity index (χ3n) is 2.02. The Morgan fingerprint density at radius 3 is 3.00 bits per heavy atom. The summed E-state index contributed by atoms with van der Waals surface area (Å²) in [5.74, 6) is -0.278. The summed E-state index contributed by atoms with van der Waals surface area (Å²) in [6.07, 6.45) is 1.85. The lowest BCUT2D eigenvalue weighted by Gasteiger charge is -2.10. The average molecular weight is 180 g/mol. The molecule has 0 unspecified atom stereocenters. The van der Waals surface area contributed by atoms with Crippen molar-refractivity contribution in [2.24, 2.45) is 0 Å². The van der Waals surface area contributed by atoms with Crippen molar-refractivity contribution >= 4 is 11.8 Å². The largest absolute Gasteiger partial charge is 0.462 e. The van der Waals surface area contributed by atoms with E-state index >= 15 is 0 Å². The molecule has 0 fully saturated rings. The zero-order valence-corrected chi connectivity index (χ0v) is 7.12. The number of furan rings is 1. The molecule has 2 rings (SSSR count). The van der Waals surface area contributed by atoms with Crippen molar-refractivity contribution in [3.8, 4) is 0 Å². The maximum absolute atomic E-state index is 11.1. The lowest BCUT2D eigenvalue weighted by Crippen LogP contribution is -2.17. The van der Waals surface area contributed by atoms with Gasteiger partial charge in [0.25, 0.3) is 0 Å². The van der Waals surface area contributed by atoms with Crippen molar-refractivity contribution in [1.29, 1.82) is 0 Å². The van der Waals surface area contributed by atoms with Crippen molar-refractivity contribution in [2.75, 3.05) is 6.61 Å². The molecule has 4 nitrogen and oxygen atoms in total. The number of fused-ring (bicyclic) bond motifs is 1. The minimum Gasteiger partial charge on any atom is -0.462 e. The second kappa shape index (κ2) is 2.73. The number of hydrogen-bond acceptors (Lipinski definition) is 4. The molecule has 1 aromatic rings. The highest BCUT2D eigenvalue weighted by atomic mass is 16.5. The molecule has 0 radical (unpaired) electrons. The molecule has 0 bridgehead atoms. The van der Waals surface area contributed by atoms with E-state index in [4.69, 9.17) is 9.15 Å². The Bertz CT molecular complexity index is 361. The number of carbonyl (C=O) groups excluding carboxylic acids is 2. The van der Waals surface area contributed by atoms with Crippen LogP contribution >= 0.6 is 0 Å². The minimum absolute atomic E-state index is 0.157. The number of carbonyl (C=O) groups is 2. The van der Waals surface area contributed by atoms with Crippen LogP contribution < -0.4 is 0 Å². The Balaban J connectivity index is 2.53. The molecule has 0 saturated heterocycles. The Morgan fingerprint density at radius 2 is 2.31 bits per heavy atom. The van der Waals surface area contributed by atoms with Gasteiger partial charge in [0.1, 0.15) is 11.8 Å². The molecule has 0 N–H and O–H groups in total. The minimum atomic E-state index is -0.405. The van der Waals surface area contributed by atoms with Crippen LogP contribution in [0.4, 0.5) is 0 Å². The summed E-state index contributed by atoms with van der Waals surface area (Å²) in [7, 11) is 0. The van der Waals surface area contributed by atoms with Gasteiger partial charge in [-0.15, -0.1) is 0 Å². The van der Waals surface area contributed by atoms with Crippen LogP contribution in [-0.2, 0) is 11.2 Å². The average Bonchev–Trinajstić information content (AvgIpc) is 2.48. The fourth-order valence-corrected chi connectivity index (χ4v) is 1.42. The van der Waals surface area contributed by atoms with Gasteiger partial charge in [0.15, 0.2) is 11.5 Å². The van der Waals surface area contributed by atoms with Gasteiger partial charge in [-0.2, -0.15) is 0 Å². The molecule has 0 atom stereocenters. The van der Waals surface area contributed by atoms with Crippen molar-refractivity contribution in [3.63, 3.8) is 0 Å². The van der Waals surface area contributed by atoms with Crippen LogP contribution in [0.25, 0.3) is 0 Å². The molecule has 0 saturated carbocycles. The van der Waals surface area contributed by atoms with Gasteiger partial charge in [-0.1, -0.05) is 0 Å². The highest BCUT2D eigenvalue weighted by Crippen LogP contribution is 2.22. The number of esters is 1. The fourth-order valence-electron chi connectivity index (χ4n) is 1.42. The van der Waals surface area contributed by atoms with E-state index in [-0.39, 0.29) is 11.5 Å². The molecule has 0 aromatic carbocycles. The van der Waals surface area contributed by atoms with E-state index in [2.05, 4.69) is 0 Å². The Hall–Kier alpha value is -1.58. The van der Waals surface area contributed by atoms with Gasteiger partial charge in [-0.25, -0.2) is 4.79 Å². The number of ketones is 1. The predicted octanol–water partition coefficient (Wildman–Crippen LogP) is 1.20. The standard InChI is InChI=1S/C9H8O4/c1-5(10)8-6-2-3-12-9(11)7(6)4-13-8/h4H,2-3H2,1H3. The van der Waals surface area contributed by atoms with Crippen molar-refractivity contribution in [1.82, 2.24) is 0 Å². The SMILES string of the molecule is CC(=O)c1occ2c1CCOC2=O. The van der Waals surface area contributed by atoms with Crippen LogP contribution in [0.15, 0.2) is 10.7 Å². The Morgan fingerprint density at radius 1 is 1.54 bits per heavy atom. The molecule has 4 heteroatoms.